The fourth-order valence-electron chi connectivity index (χ4n) is 2.40. The number of phenols is 1. The predicted molar refractivity (Wildman–Crippen MR) is 75.3 cm³/mol. The molecule has 3 nitrogen and oxygen atoms in total. The van der Waals surface area contributed by atoms with Gasteiger partial charge in [-0.25, -0.2) is 0 Å². The fraction of sp³-hybridized carbons (Fsp3) is 0.267. The Kier molecular flexibility index (Phi) is 3.25. The molecule has 0 saturated carbocycles. The molecule has 0 aliphatic carbocycles. The number of thiophene rings is 1. The molecule has 2 aromatic rings. The van der Waals surface area contributed by atoms with Crippen molar-refractivity contribution >= 4 is 17.2 Å². The van der Waals surface area contributed by atoms with Crippen LogP contribution in [-0.4, -0.2) is 22.5 Å². The highest BCUT2D eigenvalue weighted by molar-refractivity contribution is 7.10. The molecule has 1 amide bonds. The molecule has 1 aromatic carbocycles. The molecule has 98 valence electrons. The third-order valence-corrected chi connectivity index (χ3v) is 4.52. The summed E-state index contributed by atoms with van der Waals surface area (Å²) in [6.07, 6.45) is 1.21. The maximum Gasteiger partial charge on any atom is 0.227 e. The summed E-state index contributed by atoms with van der Waals surface area (Å²) in [6, 6.07) is 9.12. The fourth-order valence-corrected chi connectivity index (χ4v) is 3.29. The number of nitrogens with zero attached hydrogens (tertiary/aromatic N) is 1. The highest BCUT2D eigenvalue weighted by Crippen LogP contribution is 2.25. The Morgan fingerprint density at radius 1 is 1.32 bits per heavy atom. The Balaban J connectivity index is 1.71. The number of aromatic hydroxyl groups is 1. The van der Waals surface area contributed by atoms with Crippen LogP contribution >= 0.6 is 11.3 Å². The minimum atomic E-state index is 0.0818. The molecule has 0 atom stereocenters. The van der Waals surface area contributed by atoms with Crippen LogP contribution in [0.4, 0.5) is 0 Å². The molecule has 1 aliphatic heterocycles. The number of para-hydroxylation sites is 1. The number of fused-ring (bicyclic) bond motifs is 1. The number of amides is 1. The van der Waals surface area contributed by atoms with Gasteiger partial charge in [0.05, 0.1) is 6.42 Å². The summed E-state index contributed by atoms with van der Waals surface area (Å²) in [7, 11) is 0. The third-order valence-electron chi connectivity index (χ3n) is 3.49. The van der Waals surface area contributed by atoms with Gasteiger partial charge in [0.1, 0.15) is 5.75 Å². The summed E-state index contributed by atoms with van der Waals surface area (Å²) in [5.41, 5.74) is 1.96. The molecule has 4 heteroatoms. The second-order valence-electron chi connectivity index (χ2n) is 4.74. The molecule has 0 unspecified atom stereocenters. The zero-order valence-electron chi connectivity index (χ0n) is 10.5. The van der Waals surface area contributed by atoms with Gasteiger partial charge in [-0.05, 0) is 29.5 Å². The lowest BCUT2D eigenvalue weighted by molar-refractivity contribution is -0.131. The molecule has 1 aromatic heterocycles. The van der Waals surface area contributed by atoms with Crippen molar-refractivity contribution in [2.45, 2.75) is 19.4 Å². The summed E-state index contributed by atoms with van der Waals surface area (Å²) >= 11 is 1.77. The van der Waals surface area contributed by atoms with E-state index in [4.69, 9.17) is 0 Å². The summed E-state index contributed by atoms with van der Waals surface area (Å²) in [5.74, 6) is 0.280. The van der Waals surface area contributed by atoms with Crippen LogP contribution in [0.2, 0.25) is 0 Å². The van der Waals surface area contributed by atoms with E-state index in [0.29, 0.717) is 12.1 Å². The lowest BCUT2D eigenvalue weighted by Crippen LogP contribution is -2.36. The van der Waals surface area contributed by atoms with E-state index in [1.807, 2.05) is 11.0 Å². The Labute approximate surface area is 116 Å². The average molecular weight is 273 g/mol. The van der Waals surface area contributed by atoms with Crippen LogP contribution in [0, 0.1) is 0 Å². The number of carbonyl (C=O) groups is 1. The molecule has 0 bridgehead atoms. The molecule has 19 heavy (non-hydrogen) atoms. The van der Waals surface area contributed by atoms with Crippen molar-refractivity contribution < 1.29 is 9.90 Å². The van der Waals surface area contributed by atoms with Gasteiger partial charge >= 0.3 is 0 Å². The van der Waals surface area contributed by atoms with Gasteiger partial charge in [0, 0.05) is 23.5 Å². The predicted octanol–water partition coefficient (Wildman–Crippen LogP) is 2.58. The highest BCUT2D eigenvalue weighted by atomic mass is 32.1. The molecule has 3 rings (SSSR count). The Bertz CT molecular complexity index is 606. The van der Waals surface area contributed by atoms with Gasteiger partial charge in [-0.15, -0.1) is 11.3 Å². The first-order valence-corrected chi connectivity index (χ1v) is 7.22. The summed E-state index contributed by atoms with van der Waals surface area (Å²) in [5, 5.41) is 11.8. The molecule has 1 N–H and O–H groups in total. The first kappa shape index (κ1) is 12.2. The lowest BCUT2D eigenvalue weighted by atomic mass is 10.1. The van der Waals surface area contributed by atoms with Gasteiger partial charge in [-0.3, -0.25) is 4.79 Å². The van der Waals surface area contributed by atoms with E-state index in [1.165, 1.54) is 10.4 Å². The van der Waals surface area contributed by atoms with E-state index in [-0.39, 0.29) is 18.1 Å². The van der Waals surface area contributed by atoms with Gasteiger partial charge < -0.3 is 10.0 Å². The highest BCUT2D eigenvalue weighted by Gasteiger charge is 2.21. The van der Waals surface area contributed by atoms with Gasteiger partial charge in [-0.1, -0.05) is 18.2 Å². The number of benzene rings is 1. The Hall–Kier alpha value is -1.81. The van der Waals surface area contributed by atoms with Crippen LogP contribution in [0.5, 0.6) is 5.75 Å². The maximum atomic E-state index is 12.3. The quantitative estimate of drug-likeness (QED) is 0.913. The smallest absolute Gasteiger partial charge is 0.227 e. The normalized spacial score (nSPS) is 14.2. The van der Waals surface area contributed by atoms with Crippen LogP contribution < -0.4 is 0 Å². The number of rotatable bonds is 2. The van der Waals surface area contributed by atoms with Crippen molar-refractivity contribution in [3.63, 3.8) is 0 Å². The second-order valence-corrected chi connectivity index (χ2v) is 5.74. The zero-order chi connectivity index (χ0) is 13.2. The van der Waals surface area contributed by atoms with E-state index < -0.39 is 0 Å². The molecule has 0 saturated heterocycles. The average Bonchev–Trinajstić information content (AvgIpc) is 2.88. The number of hydrogen-bond donors (Lipinski definition) is 1. The molecule has 2 heterocycles. The molecular weight excluding hydrogens is 258 g/mol. The van der Waals surface area contributed by atoms with E-state index >= 15 is 0 Å². The van der Waals surface area contributed by atoms with Gasteiger partial charge in [0.25, 0.3) is 0 Å². The monoisotopic (exact) mass is 273 g/mol. The molecule has 1 aliphatic rings. The summed E-state index contributed by atoms with van der Waals surface area (Å²) < 4.78 is 0. The molecule has 0 fully saturated rings. The second kappa shape index (κ2) is 5.05. The van der Waals surface area contributed by atoms with Crippen molar-refractivity contribution in [3.8, 4) is 5.75 Å². The summed E-state index contributed by atoms with van der Waals surface area (Å²) in [6.45, 7) is 1.48. The van der Waals surface area contributed by atoms with E-state index in [9.17, 15) is 9.90 Å². The van der Waals surface area contributed by atoms with Crippen LogP contribution in [-0.2, 0) is 24.2 Å². The zero-order valence-corrected chi connectivity index (χ0v) is 11.3. The van der Waals surface area contributed by atoms with Crippen LogP contribution in [0.1, 0.15) is 16.0 Å². The molecule has 0 spiro atoms. The van der Waals surface area contributed by atoms with Crippen LogP contribution in [0.15, 0.2) is 35.7 Å². The number of carbonyl (C=O) groups excluding carboxylic acids is 1. The molecular formula is C15H15NO2S. The van der Waals surface area contributed by atoms with Crippen LogP contribution in [0.25, 0.3) is 0 Å². The number of hydrogen-bond acceptors (Lipinski definition) is 3. The third kappa shape index (κ3) is 2.49. The van der Waals surface area contributed by atoms with Crippen molar-refractivity contribution in [2.24, 2.45) is 0 Å². The topological polar surface area (TPSA) is 40.5 Å². The largest absolute Gasteiger partial charge is 0.508 e. The first-order chi connectivity index (χ1) is 9.24. The SMILES string of the molecule is O=C(Cc1ccccc1O)N1CCc2sccc2C1. The van der Waals surface area contributed by atoms with Crippen molar-refractivity contribution in [1.29, 1.82) is 0 Å². The van der Waals surface area contributed by atoms with E-state index in [1.54, 1.807) is 29.5 Å². The summed E-state index contributed by atoms with van der Waals surface area (Å²) in [4.78, 5) is 15.5. The standard InChI is InChI=1S/C15H15NO2S/c17-13-4-2-1-3-11(13)9-15(18)16-7-5-14-12(10-16)6-8-19-14/h1-4,6,8,17H,5,7,9-10H2. The van der Waals surface area contributed by atoms with Crippen LogP contribution in [0.3, 0.4) is 0 Å². The minimum Gasteiger partial charge on any atom is -0.508 e. The first-order valence-electron chi connectivity index (χ1n) is 6.34. The number of phenolic OH excluding ortho intramolecular Hbond substituents is 1. The van der Waals surface area contributed by atoms with E-state index in [0.717, 1.165) is 13.0 Å². The van der Waals surface area contributed by atoms with Gasteiger partial charge in [-0.2, -0.15) is 0 Å². The van der Waals surface area contributed by atoms with Crippen molar-refractivity contribution in [1.82, 2.24) is 4.90 Å². The molecule has 0 radical (unpaired) electrons. The van der Waals surface area contributed by atoms with Gasteiger partial charge in [0.15, 0.2) is 0 Å². The maximum absolute atomic E-state index is 12.3. The van der Waals surface area contributed by atoms with Gasteiger partial charge in [0.2, 0.25) is 5.91 Å². The Morgan fingerprint density at radius 2 is 2.16 bits per heavy atom. The van der Waals surface area contributed by atoms with Crippen molar-refractivity contribution in [2.75, 3.05) is 6.54 Å². The van der Waals surface area contributed by atoms with Crippen molar-refractivity contribution in [3.05, 3.63) is 51.7 Å². The Morgan fingerprint density at radius 3 is 3.00 bits per heavy atom. The minimum absolute atomic E-state index is 0.0818. The lowest BCUT2D eigenvalue weighted by Gasteiger charge is -2.27. The van der Waals surface area contributed by atoms with E-state index in [2.05, 4.69) is 11.4 Å².